The van der Waals surface area contributed by atoms with E-state index < -0.39 is 51.8 Å². The molecule has 3 atom stereocenters. The van der Waals surface area contributed by atoms with Crippen LogP contribution >= 0.6 is 18.6 Å². The van der Waals surface area contributed by atoms with E-state index in [9.17, 15) is 14.9 Å². The maximum absolute atomic E-state index is 16.2. The molecule has 0 N–H and O–H groups in total. The molecule has 0 saturated carbocycles. The fraction of sp³-hybridized carbons (Fsp3) is 0.140. The third-order valence-corrected chi connectivity index (χ3v) is 18.5. The summed E-state index contributed by atoms with van der Waals surface area (Å²) in [6.45, 7) is 0.966. The molecule has 70 heavy (non-hydrogen) atoms. The minimum absolute atomic E-state index is 0.0897. The minimum atomic E-state index is -3.50. The number of aromatic nitrogens is 1. The third-order valence-electron chi connectivity index (χ3n) is 12.4. The van der Waals surface area contributed by atoms with Crippen LogP contribution in [-0.2, 0) is 35.2 Å². The van der Waals surface area contributed by atoms with E-state index in [1.807, 2.05) is 146 Å². The second-order valence-corrected chi connectivity index (χ2v) is 21.4. The van der Waals surface area contributed by atoms with Crippen molar-refractivity contribution in [3.63, 3.8) is 0 Å². The summed E-state index contributed by atoms with van der Waals surface area (Å²) in [4.78, 5) is 62.9. The number of benzene rings is 7. The Bertz CT molecular complexity index is 2990. The first kappa shape index (κ1) is 47.3. The molecule has 350 valence electrons. The van der Waals surface area contributed by atoms with Gasteiger partial charge < -0.3 is 13.9 Å². The number of non-ortho nitro benzene ring substituents is 1. The second-order valence-electron chi connectivity index (χ2n) is 16.7. The van der Waals surface area contributed by atoms with Crippen molar-refractivity contribution in [1.29, 1.82) is 0 Å². The molecule has 8 aromatic rings. The second kappa shape index (κ2) is 20.4. The molecule has 1 amide bonds. The van der Waals surface area contributed by atoms with Gasteiger partial charge in [-0.25, -0.2) is 9.78 Å². The molecule has 13 heteroatoms. The van der Waals surface area contributed by atoms with Crippen molar-refractivity contribution in [2.45, 2.75) is 43.6 Å². The Balaban J connectivity index is 1.39. The van der Waals surface area contributed by atoms with Crippen LogP contribution in [0.15, 0.2) is 211 Å². The van der Waals surface area contributed by atoms with Gasteiger partial charge in [-0.3, -0.25) is 24.6 Å². The van der Waals surface area contributed by atoms with Crippen molar-refractivity contribution in [2.75, 3.05) is 0 Å². The molecule has 1 saturated heterocycles. The highest BCUT2D eigenvalue weighted by atomic mass is 32.2. The number of ether oxygens (including phenoxy) is 2. The van der Waals surface area contributed by atoms with Gasteiger partial charge in [0, 0.05) is 32.9 Å². The molecular weight excluding hydrogens is 918 g/mol. The fourth-order valence-corrected chi connectivity index (χ4v) is 15.7. The number of carbonyl (C=O) groups is 3. The van der Waals surface area contributed by atoms with E-state index in [1.54, 1.807) is 30.9 Å². The Labute approximate surface area is 410 Å². The summed E-state index contributed by atoms with van der Waals surface area (Å²) in [5.74, 6) is -2.51. The summed E-state index contributed by atoms with van der Waals surface area (Å²) < 4.78 is 17.8. The molecule has 2 heterocycles. The Morgan fingerprint density at radius 2 is 1.13 bits per heavy atom. The molecule has 11 nitrogen and oxygen atoms in total. The standard InChI is InChI=1S/C57H48N3O8PS/c1-39-51(67-40(2)58-39)52(68-41(3)61)50-53(62)59(55(50)70-57(43-22-10-4-11-23-43,44-24-12-5-13-25-44)45-26-14-6-15-27-45)54(56(63)66-38-42-34-36-46(37-35-42)60(64)65)69(47-28-16-7-17-29-47,48-30-18-8-19-31-48)49-32-20-9-21-33-49/h4-37,50,52,55H,38H2,1-3H3. The number of thioether (sulfide) groups is 1. The first-order valence-electron chi connectivity index (χ1n) is 22.7. The molecule has 0 radical (unpaired) electrons. The quantitative estimate of drug-likeness (QED) is 0.0229. The van der Waals surface area contributed by atoms with Crippen LogP contribution in [0.1, 0.15) is 52.6 Å². The van der Waals surface area contributed by atoms with E-state index >= 15 is 9.59 Å². The van der Waals surface area contributed by atoms with Crippen molar-refractivity contribution in [1.82, 2.24) is 9.88 Å². The van der Waals surface area contributed by atoms with Crippen molar-refractivity contribution < 1.29 is 33.2 Å². The summed E-state index contributed by atoms with van der Waals surface area (Å²) in [6.07, 6.45) is -1.27. The molecule has 1 aliphatic rings. The molecule has 0 aliphatic carbocycles. The maximum Gasteiger partial charge on any atom is 0.356 e. The summed E-state index contributed by atoms with van der Waals surface area (Å²) in [7, 11) is 0. The van der Waals surface area contributed by atoms with E-state index in [-0.39, 0.29) is 23.5 Å². The van der Waals surface area contributed by atoms with Gasteiger partial charge in [0.05, 0.1) is 15.4 Å². The van der Waals surface area contributed by atoms with E-state index in [2.05, 4.69) is 41.4 Å². The lowest BCUT2D eigenvalue weighted by molar-refractivity contribution is -0.384. The van der Waals surface area contributed by atoms with Gasteiger partial charge in [0.15, 0.2) is 17.8 Å². The highest BCUT2D eigenvalue weighted by Crippen LogP contribution is 2.59. The smallest absolute Gasteiger partial charge is 0.356 e. The van der Waals surface area contributed by atoms with Gasteiger partial charge >= 0.3 is 11.9 Å². The molecule has 3 unspecified atom stereocenters. The summed E-state index contributed by atoms with van der Waals surface area (Å²) in [6, 6.07) is 64.9. The van der Waals surface area contributed by atoms with Crippen molar-refractivity contribution in [3.8, 4) is 0 Å². The number of hydrogen-bond acceptors (Lipinski definition) is 10. The number of amides is 1. The van der Waals surface area contributed by atoms with E-state index in [0.29, 0.717) is 17.1 Å². The van der Waals surface area contributed by atoms with Crippen LogP contribution in [0.25, 0.3) is 0 Å². The molecular formula is C57H48N3O8PS. The van der Waals surface area contributed by atoms with Crippen LogP contribution in [0.5, 0.6) is 0 Å². The summed E-state index contributed by atoms with van der Waals surface area (Å²) in [5, 5.41) is 12.9. The first-order valence-corrected chi connectivity index (χ1v) is 25.3. The van der Waals surface area contributed by atoms with Gasteiger partial charge in [0.25, 0.3) is 5.69 Å². The number of β-lactam (4-membered cyclic amide) rings is 1. The number of carbonyl (C=O) groups excluding carboxylic acids is 3. The van der Waals surface area contributed by atoms with Crippen LogP contribution in [0.2, 0.25) is 0 Å². The fourth-order valence-electron chi connectivity index (χ4n) is 9.39. The number of nitro groups is 1. The zero-order valence-electron chi connectivity index (χ0n) is 38.5. The van der Waals surface area contributed by atoms with Crippen molar-refractivity contribution in [2.24, 2.45) is 5.92 Å². The van der Waals surface area contributed by atoms with E-state index in [0.717, 1.165) is 32.6 Å². The Morgan fingerprint density at radius 3 is 1.51 bits per heavy atom. The number of likely N-dealkylation sites (tertiary alicyclic amines) is 1. The summed E-state index contributed by atoms with van der Waals surface area (Å²) in [5.41, 5.74) is 3.61. The van der Waals surface area contributed by atoms with Crippen LogP contribution in [0.4, 0.5) is 5.69 Å². The number of hydrogen-bond donors (Lipinski definition) is 0. The van der Waals surface area contributed by atoms with Crippen LogP contribution in [0.3, 0.4) is 0 Å². The van der Waals surface area contributed by atoms with E-state index in [1.165, 1.54) is 30.8 Å². The van der Waals surface area contributed by atoms with Gasteiger partial charge in [-0.15, -0.1) is 11.8 Å². The average molecular weight is 966 g/mol. The number of nitrogens with zero attached hydrogens (tertiary/aromatic N) is 3. The van der Waals surface area contributed by atoms with Gasteiger partial charge in [-0.05, 0) is 57.2 Å². The van der Waals surface area contributed by atoms with Crippen LogP contribution < -0.4 is 15.9 Å². The average Bonchev–Trinajstić information content (AvgIpc) is 3.74. The van der Waals surface area contributed by atoms with Crippen molar-refractivity contribution in [3.05, 3.63) is 256 Å². The molecule has 1 fully saturated rings. The third kappa shape index (κ3) is 8.88. The Kier molecular flexibility index (Phi) is 13.8. The zero-order valence-corrected chi connectivity index (χ0v) is 40.2. The summed E-state index contributed by atoms with van der Waals surface area (Å²) >= 11 is 1.46. The molecule has 9 rings (SSSR count). The first-order chi connectivity index (χ1) is 34.0. The maximum atomic E-state index is 16.2. The largest absolute Gasteiger partial charge is 0.456 e. The van der Waals surface area contributed by atoms with E-state index in [4.69, 9.17) is 13.9 Å². The van der Waals surface area contributed by atoms with Crippen molar-refractivity contribution >= 4 is 63.5 Å². The number of nitro benzene ring substituents is 1. The number of rotatable bonds is 16. The number of aryl methyl sites for hydroxylation is 2. The number of oxazole rings is 1. The SMILES string of the molecule is CC(=O)OC(c1oc(C)nc1C)C1C(=O)N(C(C(=O)OCc2ccc([N+](=O)[O-])cc2)=P(c2ccccc2)(c2ccccc2)c2ccccc2)C1SC(c1ccccc1)(c1ccccc1)c1ccccc1. The van der Waals surface area contributed by atoms with Crippen LogP contribution in [-0.4, -0.2) is 43.4 Å². The zero-order chi connectivity index (χ0) is 48.8. The Morgan fingerprint density at radius 1 is 0.700 bits per heavy atom. The molecule has 7 aromatic carbocycles. The van der Waals surface area contributed by atoms with Gasteiger partial charge in [0.2, 0.25) is 5.91 Å². The lowest BCUT2D eigenvalue weighted by Gasteiger charge is -2.53. The normalized spacial score (nSPS) is 15.1. The predicted molar refractivity (Wildman–Crippen MR) is 274 cm³/mol. The molecule has 0 spiro atoms. The highest BCUT2D eigenvalue weighted by Gasteiger charge is 2.61. The molecule has 0 bridgehead atoms. The minimum Gasteiger partial charge on any atom is -0.456 e. The number of esters is 2. The molecule has 1 aromatic heterocycles. The molecule has 1 aliphatic heterocycles. The Hall–Kier alpha value is -7.79. The lowest BCUT2D eigenvalue weighted by atomic mass is 9.84. The van der Waals surface area contributed by atoms with Crippen LogP contribution in [0, 0.1) is 29.9 Å². The lowest BCUT2D eigenvalue weighted by Crippen LogP contribution is -2.67. The predicted octanol–water partition coefficient (Wildman–Crippen LogP) is 10.2. The van der Waals surface area contributed by atoms with Gasteiger partial charge in [0.1, 0.15) is 23.3 Å². The monoisotopic (exact) mass is 965 g/mol. The topological polar surface area (TPSA) is 142 Å². The van der Waals surface area contributed by atoms with Gasteiger partial charge in [-0.1, -0.05) is 182 Å². The highest BCUT2D eigenvalue weighted by molar-refractivity contribution is 8.01. The van der Waals surface area contributed by atoms with Gasteiger partial charge in [-0.2, -0.15) is 0 Å².